The van der Waals surface area contributed by atoms with E-state index in [1.54, 1.807) is 6.07 Å². The zero-order valence-electron chi connectivity index (χ0n) is 12.3. The highest BCUT2D eigenvalue weighted by atomic mass is 16.1. The Balaban J connectivity index is 2.18. The lowest BCUT2D eigenvalue weighted by Gasteiger charge is -2.27. The minimum absolute atomic E-state index is 0.411. The Bertz CT molecular complexity index is 485. The SMILES string of the molecule is CCN(CC)C1CCN(c2cccc(C(N)=O)c2N)C1. The van der Waals surface area contributed by atoms with Crippen molar-refractivity contribution in [2.24, 2.45) is 5.73 Å². The molecular weight excluding hydrogens is 252 g/mol. The Morgan fingerprint density at radius 1 is 1.40 bits per heavy atom. The van der Waals surface area contributed by atoms with Crippen molar-refractivity contribution >= 4 is 17.3 Å². The number of anilines is 2. The molecule has 1 unspecified atom stereocenters. The van der Waals surface area contributed by atoms with E-state index in [0.717, 1.165) is 38.3 Å². The minimum Gasteiger partial charge on any atom is -0.396 e. The molecule has 4 N–H and O–H groups in total. The van der Waals surface area contributed by atoms with Gasteiger partial charge in [-0.15, -0.1) is 0 Å². The number of amides is 1. The number of hydrogen-bond donors (Lipinski definition) is 2. The maximum absolute atomic E-state index is 11.4. The van der Waals surface area contributed by atoms with Crippen molar-refractivity contribution in [3.05, 3.63) is 23.8 Å². The number of likely N-dealkylation sites (N-methyl/N-ethyl adjacent to an activating group) is 1. The molecule has 0 saturated carbocycles. The summed E-state index contributed by atoms with van der Waals surface area (Å²) in [5.41, 5.74) is 13.3. The smallest absolute Gasteiger partial charge is 0.250 e. The van der Waals surface area contributed by atoms with Crippen LogP contribution in [0.4, 0.5) is 11.4 Å². The van der Waals surface area contributed by atoms with Gasteiger partial charge in [-0.3, -0.25) is 9.69 Å². The van der Waals surface area contributed by atoms with E-state index >= 15 is 0 Å². The second kappa shape index (κ2) is 6.13. The molecule has 1 heterocycles. The lowest BCUT2D eigenvalue weighted by Crippen LogP contribution is -2.37. The molecular formula is C15H24N4O. The van der Waals surface area contributed by atoms with Crippen molar-refractivity contribution in [1.82, 2.24) is 4.90 Å². The van der Waals surface area contributed by atoms with Gasteiger partial charge in [0.25, 0.3) is 5.91 Å². The molecule has 0 bridgehead atoms. The van der Waals surface area contributed by atoms with E-state index in [1.807, 2.05) is 12.1 Å². The third-order valence-corrected chi connectivity index (χ3v) is 4.18. The number of rotatable bonds is 5. The number of benzene rings is 1. The molecule has 1 aromatic carbocycles. The molecule has 0 spiro atoms. The first kappa shape index (κ1) is 14.7. The fourth-order valence-electron chi connectivity index (χ4n) is 3.04. The van der Waals surface area contributed by atoms with E-state index in [1.165, 1.54) is 0 Å². The van der Waals surface area contributed by atoms with Crippen LogP contribution < -0.4 is 16.4 Å². The van der Waals surface area contributed by atoms with Crippen LogP contribution in [0.3, 0.4) is 0 Å². The molecule has 110 valence electrons. The fourth-order valence-corrected chi connectivity index (χ4v) is 3.04. The number of nitrogen functional groups attached to an aromatic ring is 1. The highest BCUT2D eigenvalue weighted by Gasteiger charge is 2.27. The number of carbonyl (C=O) groups excluding carboxylic acids is 1. The van der Waals surface area contributed by atoms with Crippen LogP contribution in [0.15, 0.2) is 18.2 Å². The van der Waals surface area contributed by atoms with Crippen LogP contribution in [0.5, 0.6) is 0 Å². The largest absolute Gasteiger partial charge is 0.396 e. The first-order valence-corrected chi connectivity index (χ1v) is 7.25. The van der Waals surface area contributed by atoms with E-state index in [-0.39, 0.29) is 0 Å². The Morgan fingerprint density at radius 2 is 2.10 bits per heavy atom. The summed E-state index contributed by atoms with van der Waals surface area (Å²) in [6, 6.07) is 6.05. The molecule has 20 heavy (non-hydrogen) atoms. The first-order valence-electron chi connectivity index (χ1n) is 7.25. The van der Waals surface area contributed by atoms with Crippen molar-refractivity contribution in [3.63, 3.8) is 0 Å². The van der Waals surface area contributed by atoms with Gasteiger partial charge in [0, 0.05) is 19.1 Å². The molecule has 5 heteroatoms. The zero-order chi connectivity index (χ0) is 14.7. The van der Waals surface area contributed by atoms with E-state index in [0.29, 0.717) is 17.3 Å². The molecule has 1 aliphatic rings. The number of carbonyl (C=O) groups is 1. The molecule has 2 rings (SSSR count). The first-order chi connectivity index (χ1) is 9.58. The third kappa shape index (κ3) is 2.72. The predicted octanol–water partition coefficient (Wildman–Crippen LogP) is 1.29. The van der Waals surface area contributed by atoms with Crippen LogP contribution in [0.2, 0.25) is 0 Å². The summed E-state index contributed by atoms with van der Waals surface area (Å²) >= 11 is 0. The quantitative estimate of drug-likeness (QED) is 0.795. The Labute approximate surface area is 120 Å². The van der Waals surface area contributed by atoms with E-state index in [9.17, 15) is 4.79 Å². The second-order valence-corrected chi connectivity index (χ2v) is 5.21. The number of nitrogens with two attached hydrogens (primary N) is 2. The van der Waals surface area contributed by atoms with Crippen molar-refractivity contribution in [2.75, 3.05) is 36.8 Å². The zero-order valence-corrected chi connectivity index (χ0v) is 12.3. The molecule has 1 fully saturated rings. The number of primary amides is 1. The number of hydrogen-bond acceptors (Lipinski definition) is 4. The second-order valence-electron chi connectivity index (χ2n) is 5.21. The summed E-state index contributed by atoms with van der Waals surface area (Å²) in [6.07, 6.45) is 1.13. The fraction of sp³-hybridized carbons (Fsp3) is 0.533. The standard InChI is InChI=1S/C15H24N4O/c1-3-18(4-2)11-8-9-19(10-11)13-7-5-6-12(14(13)16)15(17)20/h5-7,11H,3-4,8-10,16H2,1-2H3,(H2,17,20). The molecule has 1 aromatic rings. The predicted molar refractivity (Wildman–Crippen MR) is 82.9 cm³/mol. The van der Waals surface area contributed by atoms with Crippen LogP contribution in [0, 0.1) is 0 Å². The van der Waals surface area contributed by atoms with Crippen LogP contribution in [0.25, 0.3) is 0 Å². The van der Waals surface area contributed by atoms with Gasteiger partial charge in [0.05, 0.1) is 16.9 Å². The monoisotopic (exact) mass is 276 g/mol. The molecule has 0 aliphatic carbocycles. The molecule has 1 aliphatic heterocycles. The van der Waals surface area contributed by atoms with E-state index < -0.39 is 5.91 Å². The maximum atomic E-state index is 11.4. The van der Waals surface area contributed by atoms with Crippen LogP contribution in [-0.4, -0.2) is 43.0 Å². The summed E-state index contributed by atoms with van der Waals surface area (Å²) in [5, 5.41) is 0. The Kier molecular flexibility index (Phi) is 4.49. The number of nitrogens with zero attached hydrogens (tertiary/aromatic N) is 2. The van der Waals surface area contributed by atoms with Crippen molar-refractivity contribution < 1.29 is 4.79 Å². The average Bonchev–Trinajstić information content (AvgIpc) is 2.89. The van der Waals surface area contributed by atoms with Crippen LogP contribution in [0.1, 0.15) is 30.6 Å². The Hall–Kier alpha value is -1.75. The van der Waals surface area contributed by atoms with Crippen molar-refractivity contribution in [2.45, 2.75) is 26.3 Å². The normalized spacial score (nSPS) is 18.8. The van der Waals surface area contributed by atoms with Gasteiger partial charge in [0.2, 0.25) is 0 Å². The molecule has 5 nitrogen and oxygen atoms in total. The molecule has 1 atom stereocenters. The van der Waals surface area contributed by atoms with Gasteiger partial charge in [-0.05, 0) is 31.6 Å². The highest BCUT2D eigenvalue weighted by Crippen LogP contribution is 2.30. The minimum atomic E-state index is -0.469. The van der Waals surface area contributed by atoms with Gasteiger partial charge >= 0.3 is 0 Å². The average molecular weight is 276 g/mol. The Morgan fingerprint density at radius 3 is 2.70 bits per heavy atom. The third-order valence-electron chi connectivity index (χ3n) is 4.18. The van der Waals surface area contributed by atoms with Crippen molar-refractivity contribution in [1.29, 1.82) is 0 Å². The van der Waals surface area contributed by atoms with Gasteiger partial charge in [0.15, 0.2) is 0 Å². The van der Waals surface area contributed by atoms with Crippen LogP contribution >= 0.6 is 0 Å². The van der Waals surface area contributed by atoms with Gasteiger partial charge in [-0.1, -0.05) is 19.9 Å². The summed E-state index contributed by atoms with van der Waals surface area (Å²) in [4.78, 5) is 16.1. The lowest BCUT2D eigenvalue weighted by atomic mass is 10.1. The maximum Gasteiger partial charge on any atom is 0.250 e. The molecule has 1 saturated heterocycles. The summed E-state index contributed by atoms with van der Waals surface area (Å²) in [6.45, 7) is 8.42. The summed E-state index contributed by atoms with van der Waals surface area (Å²) in [5.74, 6) is -0.469. The van der Waals surface area contributed by atoms with E-state index in [4.69, 9.17) is 11.5 Å². The van der Waals surface area contributed by atoms with Gasteiger partial charge in [-0.25, -0.2) is 0 Å². The van der Waals surface area contributed by atoms with Gasteiger partial charge in [0.1, 0.15) is 0 Å². The van der Waals surface area contributed by atoms with Crippen LogP contribution in [-0.2, 0) is 0 Å². The summed E-state index contributed by atoms with van der Waals surface area (Å²) < 4.78 is 0. The van der Waals surface area contributed by atoms with Gasteiger partial charge in [-0.2, -0.15) is 0 Å². The highest BCUT2D eigenvalue weighted by molar-refractivity contribution is 6.00. The molecule has 1 amide bonds. The van der Waals surface area contributed by atoms with Crippen molar-refractivity contribution in [3.8, 4) is 0 Å². The van der Waals surface area contributed by atoms with E-state index in [2.05, 4.69) is 23.6 Å². The summed E-state index contributed by atoms with van der Waals surface area (Å²) in [7, 11) is 0. The molecule has 0 radical (unpaired) electrons. The lowest BCUT2D eigenvalue weighted by molar-refractivity contribution is 0.100. The van der Waals surface area contributed by atoms with Gasteiger partial charge < -0.3 is 16.4 Å². The topological polar surface area (TPSA) is 75.6 Å². The molecule has 0 aromatic heterocycles. The number of para-hydroxylation sites is 1.